The van der Waals surface area contributed by atoms with Gasteiger partial charge in [-0.3, -0.25) is 4.57 Å². The van der Waals surface area contributed by atoms with Crippen molar-refractivity contribution in [2.45, 2.75) is 0 Å². The topological polar surface area (TPSA) is 40.0 Å². The minimum atomic E-state index is 0.909. The predicted molar refractivity (Wildman–Crippen MR) is 251 cm³/mol. The van der Waals surface area contributed by atoms with Gasteiger partial charge in [-0.2, -0.15) is 0 Å². The van der Waals surface area contributed by atoms with Gasteiger partial charge in [0.25, 0.3) is 0 Å². The maximum absolute atomic E-state index is 5.18. The summed E-state index contributed by atoms with van der Waals surface area (Å²) in [5, 5.41) is 3.59. The van der Waals surface area contributed by atoms with Gasteiger partial charge in [-0.25, -0.2) is 9.97 Å². The van der Waals surface area contributed by atoms with E-state index in [9.17, 15) is 0 Å². The monoisotopic (exact) mass is 779 g/mol. The van der Waals surface area contributed by atoms with Crippen LogP contribution >= 0.6 is 0 Å². The number of rotatable bonds is 7. The Labute approximate surface area is 352 Å². The molecule has 4 aromatic heterocycles. The van der Waals surface area contributed by atoms with E-state index in [1.807, 2.05) is 24.4 Å². The first-order chi connectivity index (χ1) is 30.3. The molecular weight excluding hydrogens is 743 g/mol. The van der Waals surface area contributed by atoms with E-state index >= 15 is 0 Å². The molecular formula is C56H37N5. The molecule has 5 heteroatoms. The Kier molecular flexibility index (Phi) is 8.10. The van der Waals surface area contributed by atoms with Crippen LogP contribution in [-0.2, 0) is 0 Å². The Morgan fingerprint density at radius 3 is 1.79 bits per heavy atom. The third-order valence-corrected chi connectivity index (χ3v) is 11.9. The molecule has 0 N–H and O–H groups in total. The van der Waals surface area contributed by atoms with Crippen LogP contribution in [0, 0.1) is 0 Å². The van der Waals surface area contributed by atoms with Crippen molar-refractivity contribution in [3.63, 3.8) is 0 Å². The zero-order chi connectivity index (χ0) is 40.3. The van der Waals surface area contributed by atoms with Gasteiger partial charge in [-0.05, 0) is 88.3 Å². The molecule has 0 bridgehead atoms. The number of hydrogen-bond acceptors (Lipinski definition) is 2. The molecule has 8 aromatic carbocycles. The highest BCUT2D eigenvalue weighted by atomic mass is 15.1. The molecule has 0 aliphatic heterocycles. The fourth-order valence-corrected chi connectivity index (χ4v) is 9.12. The summed E-state index contributed by atoms with van der Waals surface area (Å²) in [6, 6.07) is 75.7. The van der Waals surface area contributed by atoms with E-state index in [1.54, 1.807) is 0 Å². The third kappa shape index (κ3) is 5.78. The summed E-state index contributed by atoms with van der Waals surface area (Å²) in [6.07, 6.45) is 4.13. The number of nitrogens with zero attached hydrogens (tertiary/aromatic N) is 5. The van der Waals surface area contributed by atoms with Gasteiger partial charge >= 0.3 is 0 Å². The first kappa shape index (κ1) is 34.7. The minimum Gasteiger partial charge on any atom is -0.308 e. The van der Waals surface area contributed by atoms with Crippen molar-refractivity contribution in [3.05, 3.63) is 225 Å². The minimum absolute atomic E-state index is 0.909. The van der Waals surface area contributed by atoms with Crippen molar-refractivity contribution in [1.29, 1.82) is 0 Å². The Bertz CT molecular complexity index is 3510. The molecule has 61 heavy (non-hydrogen) atoms. The van der Waals surface area contributed by atoms with Crippen LogP contribution in [-0.4, -0.2) is 23.5 Å². The van der Waals surface area contributed by atoms with Gasteiger partial charge in [0, 0.05) is 51.2 Å². The van der Waals surface area contributed by atoms with E-state index in [2.05, 4.69) is 214 Å². The molecule has 4 heterocycles. The second-order valence-corrected chi connectivity index (χ2v) is 15.5. The van der Waals surface area contributed by atoms with Crippen LogP contribution in [0.4, 0.5) is 0 Å². The average molecular weight is 780 g/mol. The van der Waals surface area contributed by atoms with Gasteiger partial charge in [-0.15, -0.1) is 0 Å². The van der Waals surface area contributed by atoms with Crippen LogP contribution in [0.5, 0.6) is 0 Å². The largest absolute Gasteiger partial charge is 0.308 e. The highest BCUT2D eigenvalue weighted by Gasteiger charge is 2.24. The van der Waals surface area contributed by atoms with E-state index in [4.69, 9.17) is 9.97 Å². The molecule has 0 radical (unpaired) electrons. The number of para-hydroxylation sites is 3. The third-order valence-electron chi connectivity index (χ3n) is 11.9. The van der Waals surface area contributed by atoms with Crippen molar-refractivity contribution in [3.8, 4) is 67.5 Å². The SMILES string of the molecule is c1ccc(-c2c(-c3ccccc3)n(-c3ccc(-c4nc5ccccc5n4-c4ccccc4)cc3)c3c2ccc2c(-c4ccc(-c5cn6ccccc6n5)cc4)cccc23)cc1. The molecule has 0 amide bonds. The standard InChI is InChI=1S/C56H37N5/c1-4-15-40(16-5-1)53-48-35-34-46-45(38-26-28-39(29-27-38)50-37-59-36-13-12-25-52(59)57-50)21-14-22-47(46)55(48)61(54(53)41-17-6-2-7-18-41)44-32-30-42(31-33-44)56-58-49-23-10-11-24-51(49)60(56)43-19-8-3-9-20-43/h1-37H. The van der Waals surface area contributed by atoms with E-state index in [1.165, 1.54) is 38.4 Å². The number of benzene rings is 8. The molecule has 0 spiro atoms. The van der Waals surface area contributed by atoms with E-state index in [0.29, 0.717) is 0 Å². The summed E-state index contributed by atoms with van der Waals surface area (Å²) in [5.74, 6) is 0.909. The highest BCUT2D eigenvalue weighted by Crippen LogP contribution is 2.46. The Morgan fingerprint density at radius 2 is 1.02 bits per heavy atom. The first-order valence-corrected chi connectivity index (χ1v) is 20.7. The molecule has 0 unspecified atom stereocenters. The van der Waals surface area contributed by atoms with Crippen molar-refractivity contribution in [2.75, 3.05) is 0 Å². The molecule has 0 saturated heterocycles. The van der Waals surface area contributed by atoms with E-state index in [-0.39, 0.29) is 0 Å². The van der Waals surface area contributed by atoms with Crippen molar-refractivity contribution in [1.82, 2.24) is 23.5 Å². The zero-order valence-corrected chi connectivity index (χ0v) is 33.1. The molecule has 12 aromatic rings. The van der Waals surface area contributed by atoms with Gasteiger partial charge in [0.2, 0.25) is 0 Å². The summed E-state index contributed by atoms with van der Waals surface area (Å²) >= 11 is 0. The summed E-state index contributed by atoms with van der Waals surface area (Å²) < 4.78 is 6.81. The molecule has 0 atom stereocenters. The molecule has 0 aliphatic rings. The second-order valence-electron chi connectivity index (χ2n) is 15.5. The van der Waals surface area contributed by atoms with Crippen LogP contribution in [0.15, 0.2) is 225 Å². The Balaban J connectivity index is 1.07. The maximum Gasteiger partial charge on any atom is 0.145 e. The summed E-state index contributed by atoms with van der Waals surface area (Å²) in [4.78, 5) is 10.1. The van der Waals surface area contributed by atoms with Crippen molar-refractivity contribution >= 4 is 38.4 Å². The zero-order valence-electron chi connectivity index (χ0n) is 33.1. The van der Waals surface area contributed by atoms with Gasteiger partial charge in [-0.1, -0.05) is 152 Å². The lowest BCUT2D eigenvalue weighted by molar-refractivity contribution is 1.10. The van der Waals surface area contributed by atoms with Gasteiger partial charge in [0.15, 0.2) is 0 Å². The molecule has 0 aliphatic carbocycles. The fourth-order valence-electron chi connectivity index (χ4n) is 9.12. The van der Waals surface area contributed by atoms with Crippen LogP contribution in [0.1, 0.15) is 0 Å². The Hall–Kier alpha value is -8.28. The van der Waals surface area contributed by atoms with Crippen LogP contribution < -0.4 is 0 Å². The predicted octanol–water partition coefficient (Wildman–Crippen LogP) is 14.1. The molecule has 0 saturated carbocycles. The van der Waals surface area contributed by atoms with Crippen molar-refractivity contribution < 1.29 is 0 Å². The van der Waals surface area contributed by atoms with Gasteiger partial charge in [0.1, 0.15) is 11.5 Å². The molecule has 286 valence electrons. The quantitative estimate of drug-likeness (QED) is 0.162. The normalized spacial score (nSPS) is 11.6. The summed E-state index contributed by atoms with van der Waals surface area (Å²) in [5.41, 5.74) is 16.4. The molecule has 5 nitrogen and oxygen atoms in total. The lowest BCUT2D eigenvalue weighted by Gasteiger charge is -2.16. The maximum atomic E-state index is 5.18. The fraction of sp³-hybridized carbons (Fsp3) is 0. The van der Waals surface area contributed by atoms with Gasteiger partial charge in [0.05, 0.1) is 27.9 Å². The summed E-state index contributed by atoms with van der Waals surface area (Å²) in [7, 11) is 0. The van der Waals surface area contributed by atoms with Crippen molar-refractivity contribution in [2.24, 2.45) is 0 Å². The van der Waals surface area contributed by atoms with E-state index < -0.39 is 0 Å². The van der Waals surface area contributed by atoms with E-state index in [0.717, 1.165) is 67.5 Å². The lowest BCUT2D eigenvalue weighted by atomic mass is 9.94. The number of imidazole rings is 2. The van der Waals surface area contributed by atoms with Gasteiger partial charge < -0.3 is 8.97 Å². The lowest BCUT2D eigenvalue weighted by Crippen LogP contribution is -2.00. The second kappa shape index (κ2) is 14.2. The number of pyridine rings is 1. The van der Waals surface area contributed by atoms with Crippen LogP contribution in [0.3, 0.4) is 0 Å². The molecule has 0 fully saturated rings. The van der Waals surface area contributed by atoms with Crippen LogP contribution in [0.25, 0.3) is 106 Å². The number of hydrogen-bond donors (Lipinski definition) is 0. The van der Waals surface area contributed by atoms with Crippen LogP contribution in [0.2, 0.25) is 0 Å². The average Bonchev–Trinajstić information content (AvgIpc) is 4.05. The number of fused-ring (bicyclic) bond motifs is 5. The first-order valence-electron chi connectivity index (χ1n) is 20.7. The number of aromatic nitrogens is 5. The summed E-state index contributed by atoms with van der Waals surface area (Å²) in [6.45, 7) is 0. The smallest absolute Gasteiger partial charge is 0.145 e. The molecule has 12 rings (SSSR count). The highest BCUT2D eigenvalue weighted by molar-refractivity contribution is 6.18. The Morgan fingerprint density at radius 1 is 0.377 bits per heavy atom.